The van der Waals surface area contributed by atoms with Gasteiger partial charge in [0.2, 0.25) is 5.91 Å². The Balaban J connectivity index is 2.19. The summed E-state index contributed by atoms with van der Waals surface area (Å²) in [6, 6.07) is 8.30. The number of aliphatic hydroxyl groups excluding tert-OH is 1. The summed E-state index contributed by atoms with van der Waals surface area (Å²) in [5.41, 5.74) is 2.47. The highest BCUT2D eigenvalue weighted by molar-refractivity contribution is 7.99. The normalized spacial score (nSPS) is 12.2. The van der Waals surface area contributed by atoms with Gasteiger partial charge in [0.15, 0.2) is 0 Å². The van der Waals surface area contributed by atoms with Gasteiger partial charge in [-0.2, -0.15) is 0 Å². The second-order valence-corrected chi connectivity index (χ2v) is 5.12. The summed E-state index contributed by atoms with van der Waals surface area (Å²) in [5, 5.41) is 11.7. The van der Waals surface area contributed by atoms with Crippen LogP contribution >= 0.6 is 11.8 Å². The molecule has 1 amide bonds. The molecule has 0 aromatic heterocycles. The van der Waals surface area contributed by atoms with Gasteiger partial charge in [0.25, 0.3) is 0 Å². The number of thioether (sulfide) groups is 1. The lowest BCUT2D eigenvalue weighted by molar-refractivity contribution is -0.118. The van der Waals surface area contributed by atoms with Crippen molar-refractivity contribution in [1.29, 1.82) is 0 Å². The van der Waals surface area contributed by atoms with Gasteiger partial charge in [-0.15, -0.1) is 11.8 Å². The lowest BCUT2D eigenvalue weighted by Gasteiger charge is -2.07. The molecule has 1 aromatic carbocycles. The second-order valence-electron chi connectivity index (χ2n) is 4.13. The summed E-state index contributed by atoms with van der Waals surface area (Å²) in [5.74, 6) is 1.24. The van der Waals surface area contributed by atoms with Crippen LogP contribution in [0.15, 0.2) is 24.3 Å². The Kier molecular flexibility index (Phi) is 6.08. The first-order valence-electron chi connectivity index (χ1n) is 5.66. The standard InChI is InChI=1S/C13H19NO2S/c1-10-3-5-12(6-4-10)8-17-9-13(16)14-7-11(2)15/h3-6,11,15H,7-9H2,1-2H3,(H,14,16)/t11-/m0/s1. The van der Waals surface area contributed by atoms with Crippen molar-refractivity contribution in [2.24, 2.45) is 0 Å². The number of aryl methyl sites for hydroxylation is 1. The Labute approximate surface area is 107 Å². The average molecular weight is 253 g/mol. The van der Waals surface area contributed by atoms with Crippen LogP contribution in [0.2, 0.25) is 0 Å². The van der Waals surface area contributed by atoms with E-state index in [1.807, 2.05) is 0 Å². The third-order valence-electron chi connectivity index (χ3n) is 2.22. The molecule has 0 aliphatic heterocycles. The predicted octanol–water partition coefficient (Wildman–Crippen LogP) is 1.73. The largest absolute Gasteiger partial charge is 0.392 e. The van der Waals surface area contributed by atoms with Crippen molar-refractivity contribution in [2.45, 2.75) is 25.7 Å². The van der Waals surface area contributed by atoms with Crippen molar-refractivity contribution in [1.82, 2.24) is 5.32 Å². The average Bonchev–Trinajstić information content (AvgIpc) is 2.29. The minimum absolute atomic E-state index is 0.0250. The number of carbonyl (C=O) groups excluding carboxylic acids is 1. The maximum Gasteiger partial charge on any atom is 0.230 e. The molecule has 94 valence electrons. The molecule has 1 rings (SSSR count). The first-order valence-corrected chi connectivity index (χ1v) is 6.81. The molecule has 0 fully saturated rings. The van der Waals surface area contributed by atoms with E-state index in [9.17, 15) is 4.79 Å². The quantitative estimate of drug-likeness (QED) is 0.811. The van der Waals surface area contributed by atoms with E-state index in [4.69, 9.17) is 5.11 Å². The number of carbonyl (C=O) groups is 1. The Bertz CT molecular complexity index is 349. The molecule has 0 saturated heterocycles. The number of nitrogens with one attached hydrogen (secondary N) is 1. The third-order valence-corrected chi connectivity index (χ3v) is 3.22. The van der Waals surface area contributed by atoms with Gasteiger partial charge in [-0.1, -0.05) is 29.8 Å². The van der Waals surface area contributed by atoms with Crippen LogP contribution in [0.25, 0.3) is 0 Å². The maximum absolute atomic E-state index is 11.3. The highest BCUT2D eigenvalue weighted by atomic mass is 32.2. The summed E-state index contributed by atoms with van der Waals surface area (Å²) in [4.78, 5) is 11.3. The molecule has 0 radical (unpaired) electrons. The monoisotopic (exact) mass is 253 g/mol. The van der Waals surface area contributed by atoms with Gasteiger partial charge < -0.3 is 10.4 Å². The predicted molar refractivity (Wildman–Crippen MR) is 72.0 cm³/mol. The van der Waals surface area contributed by atoms with Crippen LogP contribution in [0.3, 0.4) is 0 Å². The summed E-state index contributed by atoms with van der Waals surface area (Å²) in [7, 11) is 0. The minimum atomic E-state index is -0.485. The molecule has 0 saturated carbocycles. The van der Waals surface area contributed by atoms with Crippen LogP contribution in [-0.4, -0.2) is 29.4 Å². The minimum Gasteiger partial charge on any atom is -0.392 e. The molecule has 2 N–H and O–H groups in total. The molecule has 0 aliphatic rings. The van der Waals surface area contributed by atoms with Crippen LogP contribution in [0, 0.1) is 6.92 Å². The Morgan fingerprint density at radius 2 is 2.06 bits per heavy atom. The van der Waals surface area contributed by atoms with Crippen molar-refractivity contribution in [3.63, 3.8) is 0 Å². The van der Waals surface area contributed by atoms with E-state index in [2.05, 4.69) is 36.5 Å². The fourth-order valence-corrected chi connectivity index (χ4v) is 2.08. The van der Waals surface area contributed by atoms with Crippen molar-refractivity contribution < 1.29 is 9.90 Å². The number of hydrogen-bond donors (Lipinski definition) is 2. The maximum atomic E-state index is 11.3. The van der Waals surface area contributed by atoms with Gasteiger partial charge >= 0.3 is 0 Å². The molecule has 0 aliphatic carbocycles. The zero-order valence-corrected chi connectivity index (χ0v) is 11.1. The Morgan fingerprint density at radius 1 is 1.41 bits per heavy atom. The van der Waals surface area contributed by atoms with Gasteiger partial charge in [0, 0.05) is 12.3 Å². The molecule has 0 unspecified atom stereocenters. The molecule has 17 heavy (non-hydrogen) atoms. The van der Waals surface area contributed by atoms with Crippen LogP contribution in [-0.2, 0) is 10.5 Å². The van der Waals surface area contributed by atoms with Gasteiger partial charge in [-0.25, -0.2) is 0 Å². The molecule has 1 aromatic rings. The number of rotatable bonds is 6. The van der Waals surface area contributed by atoms with Gasteiger partial charge in [-0.3, -0.25) is 4.79 Å². The topological polar surface area (TPSA) is 49.3 Å². The van der Waals surface area contributed by atoms with E-state index in [1.165, 1.54) is 11.1 Å². The van der Waals surface area contributed by atoms with E-state index in [1.54, 1.807) is 18.7 Å². The SMILES string of the molecule is Cc1ccc(CSCC(=O)NC[C@H](C)O)cc1. The number of benzene rings is 1. The van der Waals surface area contributed by atoms with Crippen LogP contribution in [0.1, 0.15) is 18.1 Å². The van der Waals surface area contributed by atoms with Gasteiger partial charge in [0.05, 0.1) is 11.9 Å². The van der Waals surface area contributed by atoms with Crippen molar-refractivity contribution in [2.75, 3.05) is 12.3 Å². The highest BCUT2D eigenvalue weighted by Gasteiger charge is 2.03. The molecule has 3 nitrogen and oxygen atoms in total. The number of hydrogen-bond acceptors (Lipinski definition) is 3. The summed E-state index contributed by atoms with van der Waals surface area (Å²) >= 11 is 1.58. The van der Waals surface area contributed by atoms with Crippen LogP contribution in [0.5, 0.6) is 0 Å². The fraction of sp³-hybridized carbons (Fsp3) is 0.462. The van der Waals surface area contributed by atoms with Crippen LogP contribution in [0.4, 0.5) is 0 Å². The number of amides is 1. The smallest absolute Gasteiger partial charge is 0.230 e. The van der Waals surface area contributed by atoms with E-state index in [0.29, 0.717) is 12.3 Å². The Hall–Kier alpha value is -1.00. The fourth-order valence-electron chi connectivity index (χ4n) is 1.26. The molecular formula is C13H19NO2S. The van der Waals surface area contributed by atoms with E-state index >= 15 is 0 Å². The lowest BCUT2D eigenvalue weighted by Crippen LogP contribution is -2.31. The molecule has 0 heterocycles. The first-order chi connectivity index (χ1) is 8.08. The zero-order chi connectivity index (χ0) is 12.7. The zero-order valence-electron chi connectivity index (χ0n) is 10.3. The third kappa shape index (κ3) is 6.34. The number of aliphatic hydroxyl groups is 1. The summed E-state index contributed by atoms with van der Waals surface area (Å²) in [6.07, 6.45) is -0.485. The van der Waals surface area contributed by atoms with Crippen molar-refractivity contribution >= 4 is 17.7 Å². The molecular weight excluding hydrogens is 234 g/mol. The van der Waals surface area contributed by atoms with Crippen LogP contribution < -0.4 is 5.32 Å². The Morgan fingerprint density at radius 3 is 2.65 bits per heavy atom. The van der Waals surface area contributed by atoms with Gasteiger partial charge in [-0.05, 0) is 19.4 Å². The lowest BCUT2D eigenvalue weighted by atomic mass is 10.2. The summed E-state index contributed by atoms with van der Waals surface area (Å²) < 4.78 is 0. The second kappa shape index (κ2) is 7.35. The molecule has 1 atom stereocenters. The van der Waals surface area contributed by atoms with E-state index < -0.39 is 6.10 Å². The highest BCUT2D eigenvalue weighted by Crippen LogP contribution is 2.12. The summed E-state index contributed by atoms with van der Waals surface area (Å²) in [6.45, 7) is 4.03. The first kappa shape index (κ1) is 14.1. The molecule has 4 heteroatoms. The molecule has 0 spiro atoms. The van der Waals surface area contributed by atoms with Crippen molar-refractivity contribution in [3.05, 3.63) is 35.4 Å². The van der Waals surface area contributed by atoms with E-state index in [0.717, 1.165) is 5.75 Å². The van der Waals surface area contributed by atoms with E-state index in [-0.39, 0.29) is 5.91 Å². The van der Waals surface area contributed by atoms with Gasteiger partial charge in [0.1, 0.15) is 0 Å². The molecule has 0 bridgehead atoms. The van der Waals surface area contributed by atoms with Crippen molar-refractivity contribution in [3.8, 4) is 0 Å².